The third-order valence-corrected chi connectivity index (χ3v) is 3.87. The Labute approximate surface area is 140 Å². The molecule has 3 atom stereocenters. The molecule has 0 aromatic heterocycles. The summed E-state index contributed by atoms with van der Waals surface area (Å²) in [6.45, 7) is 8.68. The first-order chi connectivity index (χ1) is 11.2. The fourth-order valence-corrected chi connectivity index (χ4v) is 2.33. The molecule has 0 spiro atoms. The molecule has 0 bridgehead atoms. The lowest BCUT2D eigenvalue weighted by Gasteiger charge is -2.21. The van der Waals surface area contributed by atoms with E-state index in [9.17, 15) is 5.11 Å². The normalized spacial score (nSPS) is 14.7. The molecule has 1 aromatic carbocycles. The summed E-state index contributed by atoms with van der Waals surface area (Å²) in [5.41, 5.74) is 1.15. The van der Waals surface area contributed by atoms with Crippen LogP contribution in [0.25, 0.3) is 0 Å². The molecule has 0 heterocycles. The van der Waals surface area contributed by atoms with Gasteiger partial charge in [-0.1, -0.05) is 67.3 Å². The molecule has 23 heavy (non-hydrogen) atoms. The van der Waals surface area contributed by atoms with E-state index in [1.54, 1.807) is 6.08 Å². The van der Waals surface area contributed by atoms with Gasteiger partial charge in [0, 0.05) is 5.92 Å². The monoisotopic (exact) mass is 312 g/mol. The van der Waals surface area contributed by atoms with Gasteiger partial charge in [-0.2, -0.15) is 0 Å². The minimum absolute atomic E-state index is 0.0689. The molecule has 2 nitrogen and oxygen atoms in total. The van der Waals surface area contributed by atoms with E-state index in [1.165, 1.54) is 0 Å². The summed E-state index contributed by atoms with van der Waals surface area (Å²) in [7, 11) is 0. The number of ether oxygens (including phenoxy) is 1. The van der Waals surface area contributed by atoms with Gasteiger partial charge in [-0.25, -0.2) is 0 Å². The van der Waals surface area contributed by atoms with E-state index in [2.05, 4.69) is 24.5 Å². The van der Waals surface area contributed by atoms with Crippen LogP contribution in [-0.2, 0) is 11.3 Å². The Morgan fingerprint density at radius 3 is 2.70 bits per heavy atom. The fourth-order valence-electron chi connectivity index (χ4n) is 2.33. The summed E-state index contributed by atoms with van der Waals surface area (Å²) in [6.07, 6.45) is 7.14. The van der Waals surface area contributed by atoms with Gasteiger partial charge < -0.3 is 9.84 Å². The standard InChI is InChI=1S/C21H28O2/c1-4-6-8-14-20(18(3)21(22)5-2)15-11-16-23-17-19-12-9-7-10-13-19/h4-7,9-10,12-13,18,20-22H,2,8,14,16-17H2,1,3H3/b6-4-/t18-,20+,21+/m0/s1. The average molecular weight is 312 g/mol. The van der Waals surface area contributed by atoms with Crippen LogP contribution in [0.5, 0.6) is 0 Å². The summed E-state index contributed by atoms with van der Waals surface area (Å²) < 4.78 is 5.59. The summed E-state index contributed by atoms with van der Waals surface area (Å²) >= 11 is 0. The Kier molecular flexibility index (Phi) is 9.79. The SMILES string of the molecule is C=C[C@@H](O)[C@@H](C)[C@@H](C#CCOCc1ccccc1)CC/C=C\C. The van der Waals surface area contributed by atoms with Gasteiger partial charge in [0.05, 0.1) is 12.7 Å². The van der Waals surface area contributed by atoms with Gasteiger partial charge in [-0.05, 0) is 31.2 Å². The van der Waals surface area contributed by atoms with Gasteiger partial charge in [-0.15, -0.1) is 6.58 Å². The second-order valence-electron chi connectivity index (χ2n) is 5.64. The fraction of sp³-hybridized carbons (Fsp3) is 0.429. The highest BCUT2D eigenvalue weighted by molar-refractivity contribution is 5.13. The van der Waals surface area contributed by atoms with Crippen molar-refractivity contribution < 1.29 is 9.84 Å². The van der Waals surface area contributed by atoms with Crippen molar-refractivity contribution in [1.29, 1.82) is 0 Å². The van der Waals surface area contributed by atoms with E-state index in [1.807, 2.05) is 50.3 Å². The van der Waals surface area contributed by atoms with Crippen LogP contribution in [0, 0.1) is 23.7 Å². The number of allylic oxidation sites excluding steroid dienone is 2. The van der Waals surface area contributed by atoms with E-state index in [4.69, 9.17) is 4.74 Å². The molecule has 0 radical (unpaired) electrons. The first kappa shape index (κ1) is 19.2. The summed E-state index contributed by atoms with van der Waals surface area (Å²) in [5, 5.41) is 9.97. The van der Waals surface area contributed by atoms with E-state index in [0.29, 0.717) is 13.2 Å². The lowest BCUT2D eigenvalue weighted by atomic mass is 9.86. The first-order valence-corrected chi connectivity index (χ1v) is 8.20. The molecule has 1 aromatic rings. The van der Waals surface area contributed by atoms with Gasteiger partial charge >= 0.3 is 0 Å². The highest BCUT2D eigenvalue weighted by Gasteiger charge is 2.20. The summed E-state index contributed by atoms with van der Waals surface area (Å²) in [4.78, 5) is 0. The van der Waals surface area contributed by atoms with Crippen molar-refractivity contribution >= 4 is 0 Å². The lowest BCUT2D eigenvalue weighted by Crippen LogP contribution is -2.22. The van der Waals surface area contributed by atoms with Crippen LogP contribution >= 0.6 is 0 Å². The first-order valence-electron chi connectivity index (χ1n) is 8.20. The van der Waals surface area contributed by atoms with E-state index in [0.717, 1.165) is 18.4 Å². The van der Waals surface area contributed by atoms with Crippen molar-refractivity contribution in [1.82, 2.24) is 0 Å². The van der Waals surface area contributed by atoms with E-state index >= 15 is 0 Å². The zero-order valence-corrected chi connectivity index (χ0v) is 14.2. The number of rotatable bonds is 9. The van der Waals surface area contributed by atoms with Crippen LogP contribution in [0.2, 0.25) is 0 Å². The van der Waals surface area contributed by atoms with E-state index in [-0.39, 0.29) is 11.8 Å². The number of benzene rings is 1. The number of hydrogen-bond donors (Lipinski definition) is 1. The molecule has 0 amide bonds. The molecule has 0 unspecified atom stereocenters. The number of aliphatic hydroxyl groups is 1. The lowest BCUT2D eigenvalue weighted by molar-refractivity contribution is 0.136. The van der Waals surface area contributed by atoms with Crippen molar-refractivity contribution in [3.63, 3.8) is 0 Å². The Balaban J connectivity index is 2.50. The molecule has 0 aliphatic carbocycles. The minimum Gasteiger partial charge on any atom is -0.389 e. The van der Waals surface area contributed by atoms with Crippen LogP contribution in [0.4, 0.5) is 0 Å². The maximum Gasteiger partial charge on any atom is 0.108 e. The zero-order valence-electron chi connectivity index (χ0n) is 14.2. The minimum atomic E-state index is -0.523. The molecule has 0 fully saturated rings. The molecule has 0 saturated heterocycles. The quantitative estimate of drug-likeness (QED) is 0.417. The smallest absolute Gasteiger partial charge is 0.108 e. The highest BCUT2D eigenvalue weighted by Crippen LogP contribution is 2.21. The number of aliphatic hydroxyl groups excluding tert-OH is 1. The van der Waals surface area contributed by atoms with Crippen molar-refractivity contribution in [2.45, 2.75) is 39.4 Å². The zero-order chi connectivity index (χ0) is 16.9. The molecule has 0 aliphatic heterocycles. The van der Waals surface area contributed by atoms with Gasteiger partial charge in [0.15, 0.2) is 0 Å². The van der Waals surface area contributed by atoms with Crippen LogP contribution in [0.3, 0.4) is 0 Å². The van der Waals surface area contributed by atoms with Gasteiger partial charge in [0.25, 0.3) is 0 Å². The molecule has 124 valence electrons. The van der Waals surface area contributed by atoms with Crippen molar-refractivity contribution in [2.75, 3.05) is 6.61 Å². The van der Waals surface area contributed by atoms with Crippen LogP contribution in [0.1, 0.15) is 32.3 Å². The highest BCUT2D eigenvalue weighted by atomic mass is 16.5. The second-order valence-corrected chi connectivity index (χ2v) is 5.64. The summed E-state index contributed by atoms with van der Waals surface area (Å²) in [6, 6.07) is 10.1. The molecule has 0 saturated carbocycles. The Morgan fingerprint density at radius 1 is 1.30 bits per heavy atom. The topological polar surface area (TPSA) is 29.5 Å². The maximum absolute atomic E-state index is 9.97. The Hall–Kier alpha value is -1.82. The largest absolute Gasteiger partial charge is 0.389 e. The predicted octanol–water partition coefficient (Wildman–Crippen LogP) is 4.36. The molecule has 1 rings (SSSR count). The van der Waals surface area contributed by atoms with Gasteiger partial charge in [-0.3, -0.25) is 0 Å². The molecule has 1 N–H and O–H groups in total. The van der Waals surface area contributed by atoms with Crippen molar-refractivity contribution in [2.24, 2.45) is 11.8 Å². The molecule has 0 aliphatic rings. The predicted molar refractivity (Wildman–Crippen MR) is 96.8 cm³/mol. The van der Waals surface area contributed by atoms with Gasteiger partial charge in [0.2, 0.25) is 0 Å². The van der Waals surface area contributed by atoms with Crippen LogP contribution in [-0.4, -0.2) is 17.8 Å². The molecular formula is C21H28O2. The van der Waals surface area contributed by atoms with Crippen LogP contribution in [0.15, 0.2) is 55.1 Å². The third-order valence-electron chi connectivity index (χ3n) is 3.87. The number of hydrogen-bond acceptors (Lipinski definition) is 2. The molecular weight excluding hydrogens is 284 g/mol. The Morgan fingerprint density at radius 2 is 2.04 bits per heavy atom. The van der Waals surface area contributed by atoms with Crippen molar-refractivity contribution in [3.8, 4) is 11.8 Å². The Bertz CT molecular complexity index is 522. The third kappa shape index (κ3) is 7.83. The average Bonchev–Trinajstić information content (AvgIpc) is 2.59. The molecule has 2 heteroatoms. The van der Waals surface area contributed by atoms with Crippen LogP contribution < -0.4 is 0 Å². The maximum atomic E-state index is 9.97. The summed E-state index contributed by atoms with van der Waals surface area (Å²) in [5.74, 6) is 6.57. The second kappa shape index (κ2) is 11.7. The van der Waals surface area contributed by atoms with E-state index < -0.39 is 6.10 Å². The van der Waals surface area contributed by atoms with Gasteiger partial charge in [0.1, 0.15) is 6.61 Å². The van der Waals surface area contributed by atoms with Crippen molar-refractivity contribution in [3.05, 3.63) is 60.7 Å².